The van der Waals surface area contributed by atoms with E-state index in [1.54, 1.807) is 0 Å². The molecule has 138 valence electrons. The lowest BCUT2D eigenvalue weighted by Crippen LogP contribution is -2.53. The lowest BCUT2D eigenvalue weighted by Gasteiger charge is -2.24. The average Bonchev–Trinajstić information content (AvgIpc) is 2.60. The molecule has 0 saturated carbocycles. The fourth-order valence-electron chi connectivity index (χ4n) is 2.36. The molecule has 0 saturated heterocycles. The summed E-state index contributed by atoms with van der Waals surface area (Å²) >= 11 is 0. The first-order valence-electron chi connectivity index (χ1n) is 8.70. The predicted octanol–water partition coefficient (Wildman–Crippen LogP) is 1.39. The molecule has 3 amide bonds. The van der Waals surface area contributed by atoms with Gasteiger partial charge in [0.1, 0.15) is 12.1 Å². The topological polar surface area (TPSA) is 101 Å². The maximum Gasteiger partial charge on any atom is 0.243 e. The Balaban J connectivity index is 2.88. The van der Waals surface area contributed by atoms with Gasteiger partial charge < -0.3 is 16.4 Å². The van der Waals surface area contributed by atoms with E-state index in [0.29, 0.717) is 6.42 Å². The number of rotatable bonds is 9. The number of amides is 3. The Morgan fingerprint density at radius 2 is 1.60 bits per heavy atom. The maximum atomic E-state index is 12.5. The van der Waals surface area contributed by atoms with Crippen molar-refractivity contribution in [2.75, 3.05) is 0 Å². The molecule has 0 heterocycles. The molecule has 1 aromatic rings. The number of nitrogens with one attached hydrogen (secondary N) is 2. The highest BCUT2D eigenvalue weighted by Crippen LogP contribution is 2.15. The normalized spacial score (nSPS) is 15.5. The van der Waals surface area contributed by atoms with Crippen LogP contribution in [-0.4, -0.2) is 29.8 Å². The summed E-state index contributed by atoms with van der Waals surface area (Å²) in [6, 6.07) is 7.86. The molecule has 6 nitrogen and oxygen atoms in total. The zero-order chi connectivity index (χ0) is 19.0. The van der Waals surface area contributed by atoms with Crippen LogP contribution in [0.15, 0.2) is 30.3 Å². The average molecular weight is 347 g/mol. The molecule has 0 aromatic heterocycles. The van der Waals surface area contributed by atoms with Crippen molar-refractivity contribution in [2.45, 2.75) is 52.6 Å². The van der Waals surface area contributed by atoms with Crippen LogP contribution in [0, 0.1) is 11.8 Å². The fourth-order valence-corrected chi connectivity index (χ4v) is 2.36. The number of primary amides is 1. The summed E-state index contributed by atoms with van der Waals surface area (Å²) in [6.07, 6.45) is 1.22. The van der Waals surface area contributed by atoms with Crippen LogP contribution in [0.1, 0.15) is 39.7 Å². The van der Waals surface area contributed by atoms with Crippen LogP contribution in [0.4, 0.5) is 0 Å². The van der Waals surface area contributed by atoms with Gasteiger partial charge in [-0.1, -0.05) is 57.5 Å². The first kappa shape index (κ1) is 20.7. The first-order chi connectivity index (χ1) is 11.8. The van der Waals surface area contributed by atoms with E-state index in [-0.39, 0.29) is 17.7 Å². The Hall–Kier alpha value is -2.37. The summed E-state index contributed by atoms with van der Waals surface area (Å²) in [5.74, 6) is -1.20. The minimum Gasteiger partial charge on any atom is -0.368 e. The van der Waals surface area contributed by atoms with E-state index in [1.165, 1.54) is 6.92 Å². The molecule has 0 radical (unpaired) electrons. The third-order valence-corrected chi connectivity index (χ3v) is 4.61. The van der Waals surface area contributed by atoms with Crippen LogP contribution < -0.4 is 16.4 Å². The minimum absolute atomic E-state index is 0.169. The fraction of sp³-hybridized carbons (Fsp3) is 0.526. The minimum atomic E-state index is -0.797. The number of nitrogens with two attached hydrogens (primary N) is 1. The Labute approximate surface area is 149 Å². The van der Waals surface area contributed by atoms with Crippen LogP contribution in [0.25, 0.3) is 0 Å². The Morgan fingerprint density at radius 1 is 1.00 bits per heavy atom. The molecule has 0 aliphatic carbocycles. The van der Waals surface area contributed by atoms with Gasteiger partial charge in [0.25, 0.3) is 0 Å². The van der Waals surface area contributed by atoms with Gasteiger partial charge in [-0.15, -0.1) is 0 Å². The van der Waals surface area contributed by atoms with Gasteiger partial charge in [-0.2, -0.15) is 0 Å². The van der Waals surface area contributed by atoms with Gasteiger partial charge in [0.15, 0.2) is 0 Å². The molecule has 0 spiro atoms. The van der Waals surface area contributed by atoms with Gasteiger partial charge in [-0.05, 0) is 18.4 Å². The molecule has 0 unspecified atom stereocenters. The molecule has 4 N–H and O–H groups in total. The monoisotopic (exact) mass is 347 g/mol. The zero-order valence-corrected chi connectivity index (χ0v) is 15.4. The number of benzene rings is 1. The summed E-state index contributed by atoms with van der Waals surface area (Å²) in [4.78, 5) is 36.2. The van der Waals surface area contributed by atoms with E-state index in [1.807, 2.05) is 51.1 Å². The van der Waals surface area contributed by atoms with Crippen LogP contribution >= 0.6 is 0 Å². The van der Waals surface area contributed by atoms with Crippen LogP contribution in [-0.2, 0) is 20.8 Å². The molecule has 0 fully saturated rings. The van der Waals surface area contributed by atoms with Crippen LogP contribution in [0.2, 0.25) is 0 Å². The summed E-state index contributed by atoms with van der Waals surface area (Å²) in [5.41, 5.74) is 6.13. The summed E-state index contributed by atoms with van der Waals surface area (Å²) < 4.78 is 0. The van der Waals surface area contributed by atoms with E-state index in [4.69, 9.17) is 5.73 Å². The van der Waals surface area contributed by atoms with E-state index in [9.17, 15) is 14.4 Å². The van der Waals surface area contributed by atoms with Gasteiger partial charge in [0, 0.05) is 12.3 Å². The highest BCUT2D eigenvalue weighted by molar-refractivity contribution is 5.92. The Bertz CT molecular complexity index is 589. The molecule has 6 heteroatoms. The zero-order valence-electron chi connectivity index (χ0n) is 15.4. The van der Waals surface area contributed by atoms with E-state index >= 15 is 0 Å². The second-order valence-electron chi connectivity index (χ2n) is 6.56. The van der Waals surface area contributed by atoms with Gasteiger partial charge >= 0.3 is 0 Å². The van der Waals surface area contributed by atoms with Crippen LogP contribution in [0.5, 0.6) is 0 Å². The van der Waals surface area contributed by atoms with Crippen molar-refractivity contribution in [3.8, 4) is 0 Å². The van der Waals surface area contributed by atoms with Crippen molar-refractivity contribution in [3.05, 3.63) is 35.9 Å². The van der Waals surface area contributed by atoms with E-state index in [0.717, 1.165) is 12.0 Å². The Morgan fingerprint density at radius 3 is 2.12 bits per heavy atom. The summed E-state index contributed by atoms with van der Waals surface area (Å²) in [6.45, 7) is 7.40. The van der Waals surface area contributed by atoms with Gasteiger partial charge in [-0.25, -0.2) is 0 Å². The molecule has 0 aliphatic rings. The third-order valence-electron chi connectivity index (χ3n) is 4.61. The van der Waals surface area contributed by atoms with Crippen molar-refractivity contribution in [2.24, 2.45) is 17.6 Å². The van der Waals surface area contributed by atoms with Gasteiger partial charge in [-0.3, -0.25) is 14.4 Å². The number of hydrogen-bond donors (Lipinski definition) is 3. The van der Waals surface area contributed by atoms with Crippen molar-refractivity contribution in [3.63, 3.8) is 0 Å². The largest absolute Gasteiger partial charge is 0.368 e. The van der Waals surface area contributed by atoms with Crippen molar-refractivity contribution >= 4 is 17.7 Å². The van der Waals surface area contributed by atoms with Crippen molar-refractivity contribution in [1.82, 2.24) is 10.6 Å². The Kier molecular flexibility index (Phi) is 8.11. The number of carbonyl (C=O) groups excluding carboxylic acids is 3. The van der Waals surface area contributed by atoms with Crippen molar-refractivity contribution in [1.29, 1.82) is 0 Å². The molecule has 1 rings (SSSR count). The molecule has 1 aromatic carbocycles. The smallest absolute Gasteiger partial charge is 0.243 e. The highest BCUT2D eigenvalue weighted by atomic mass is 16.2. The maximum absolute atomic E-state index is 12.5. The predicted molar refractivity (Wildman–Crippen MR) is 97.5 cm³/mol. The second kappa shape index (κ2) is 9.81. The van der Waals surface area contributed by atoms with E-state index in [2.05, 4.69) is 10.6 Å². The van der Waals surface area contributed by atoms with Gasteiger partial charge in [0.2, 0.25) is 17.7 Å². The molecule has 25 heavy (non-hydrogen) atoms. The summed E-state index contributed by atoms with van der Waals surface area (Å²) in [7, 11) is 0. The van der Waals surface area contributed by atoms with Crippen molar-refractivity contribution < 1.29 is 14.4 Å². The third kappa shape index (κ3) is 6.57. The standard InChI is InChI=1S/C19H29N3O3/c1-5-12(2)13(3)18(24)22-16(11-15-9-7-6-8-10-15)19(25)21-14(4)17(20)23/h6-10,12-14,16H,5,11H2,1-4H3,(H2,20,23)(H,21,25)(H,22,24)/t12-,13-,14-,16-/m0/s1. The molecular formula is C19H29N3O3. The lowest BCUT2D eigenvalue weighted by atomic mass is 9.92. The van der Waals surface area contributed by atoms with E-state index < -0.39 is 23.9 Å². The van der Waals surface area contributed by atoms with Gasteiger partial charge in [0.05, 0.1) is 0 Å². The molecule has 0 aliphatic heterocycles. The number of carbonyl (C=O) groups is 3. The lowest BCUT2D eigenvalue weighted by molar-refractivity contribution is -0.133. The summed E-state index contributed by atoms with van der Waals surface area (Å²) in [5, 5.41) is 5.38. The quantitative estimate of drug-likeness (QED) is 0.629. The van der Waals surface area contributed by atoms with Crippen LogP contribution in [0.3, 0.4) is 0 Å². The molecule has 0 bridgehead atoms. The highest BCUT2D eigenvalue weighted by Gasteiger charge is 2.27. The number of hydrogen-bond acceptors (Lipinski definition) is 3. The second-order valence-corrected chi connectivity index (χ2v) is 6.56. The SMILES string of the molecule is CC[C@H](C)[C@H](C)C(=O)N[C@@H](Cc1ccccc1)C(=O)N[C@@H](C)C(N)=O. The molecule has 4 atom stereocenters. The molecular weight excluding hydrogens is 318 g/mol. The first-order valence-corrected chi connectivity index (χ1v) is 8.70.